The summed E-state index contributed by atoms with van der Waals surface area (Å²) in [6, 6.07) is 0. The molecular formula is C22H45NO4P+. The molecular weight excluding hydrogens is 373 g/mol. The van der Waals surface area contributed by atoms with Gasteiger partial charge in [-0.25, -0.2) is 0 Å². The molecule has 0 amide bonds. The normalized spacial score (nSPS) is 15.5. The van der Waals surface area contributed by atoms with Crippen molar-refractivity contribution in [3.8, 4) is 0 Å². The lowest BCUT2D eigenvalue weighted by Gasteiger charge is -2.35. The van der Waals surface area contributed by atoms with Crippen LogP contribution in [0.1, 0.15) is 84.0 Å². The van der Waals surface area contributed by atoms with Gasteiger partial charge in [0, 0.05) is 0 Å². The van der Waals surface area contributed by atoms with E-state index in [0.717, 1.165) is 38.5 Å². The smallest absolute Gasteiger partial charge is 0.362 e. The van der Waals surface area contributed by atoms with Crippen LogP contribution in [0.5, 0.6) is 0 Å². The molecule has 0 aromatic carbocycles. The Morgan fingerprint density at radius 1 is 0.786 bits per heavy atom. The van der Waals surface area contributed by atoms with Crippen LogP contribution in [-0.2, 0) is 4.57 Å². The Kier molecular flexibility index (Phi) is 14.3. The van der Waals surface area contributed by atoms with Gasteiger partial charge in [-0.3, -0.25) is 4.57 Å². The standard InChI is InChI=1S/C22H44NO4P/c1-5-6-7-8-9-10-11-12-13-14-15-16-17-18-19-20-22(24,28(25,26)27)21-23(2,3)4/h7-8,12-13,24H,5-6,9-11,14-21H2,1-4H3,(H-,25,26,27)/p+1/b8-7-,13-12-. The first-order chi connectivity index (χ1) is 13.0. The zero-order chi connectivity index (χ0) is 21.5. The summed E-state index contributed by atoms with van der Waals surface area (Å²) < 4.78 is 12.1. The second-order valence-electron chi connectivity index (χ2n) is 8.94. The molecule has 0 aromatic heterocycles. The van der Waals surface area contributed by atoms with E-state index < -0.39 is 12.9 Å². The molecule has 1 atom stereocenters. The van der Waals surface area contributed by atoms with Crippen molar-refractivity contribution in [2.45, 2.75) is 89.3 Å². The molecule has 166 valence electrons. The lowest BCUT2D eigenvalue weighted by molar-refractivity contribution is -0.875. The third kappa shape index (κ3) is 14.5. The number of unbranched alkanes of at least 4 members (excludes halogenated alkanes) is 8. The fourth-order valence-corrected chi connectivity index (χ4v) is 4.33. The highest BCUT2D eigenvalue weighted by atomic mass is 31.2. The molecule has 0 saturated heterocycles. The van der Waals surface area contributed by atoms with Crippen molar-refractivity contribution in [3.05, 3.63) is 24.3 Å². The molecule has 3 N–H and O–H groups in total. The van der Waals surface area contributed by atoms with Gasteiger partial charge in [0.25, 0.3) is 0 Å². The van der Waals surface area contributed by atoms with E-state index in [4.69, 9.17) is 0 Å². The van der Waals surface area contributed by atoms with Crippen molar-refractivity contribution in [1.29, 1.82) is 0 Å². The summed E-state index contributed by atoms with van der Waals surface area (Å²) in [5.74, 6) is 0. The number of quaternary nitrogens is 1. The Balaban J connectivity index is 3.82. The summed E-state index contributed by atoms with van der Waals surface area (Å²) in [6.45, 7) is 2.25. The van der Waals surface area contributed by atoms with E-state index in [1.54, 1.807) is 0 Å². The van der Waals surface area contributed by atoms with Gasteiger partial charge in [0.1, 0.15) is 6.54 Å². The van der Waals surface area contributed by atoms with Crippen LogP contribution in [0.4, 0.5) is 0 Å². The van der Waals surface area contributed by atoms with Crippen molar-refractivity contribution in [2.24, 2.45) is 0 Å². The molecule has 28 heavy (non-hydrogen) atoms. The fourth-order valence-electron chi connectivity index (χ4n) is 3.27. The van der Waals surface area contributed by atoms with E-state index >= 15 is 0 Å². The lowest BCUT2D eigenvalue weighted by atomic mass is 10.1. The first kappa shape index (κ1) is 27.5. The second-order valence-corrected chi connectivity index (χ2v) is 10.9. The van der Waals surface area contributed by atoms with Gasteiger partial charge >= 0.3 is 7.60 Å². The van der Waals surface area contributed by atoms with Gasteiger partial charge in [-0.15, -0.1) is 0 Å². The van der Waals surface area contributed by atoms with Gasteiger partial charge in [0.2, 0.25) is 5.34 Å². The van der Waals surface area contributed by atoms with E-state index in [1.165, 1.54) is 25.7 Å². The molecule has 0 radical (unpaired) electrons. The van der Waals surface area contributed by atoms with Crippen LogP contribution >= 0.6 is 7.60 Å². The van der Waals surface area contributed by atoms with Crippen LogP contribution in [0.25, 0.3) is 0 Å². The number of aliphatic hydroxyl groups is 1. The molecule has 0 bridgehead atoms. The number of hydrogen-bond donors (Lipinski definition) is 3. The summed E-state index contributed by atoms with van der Waals surface area (Å²) in [5, 5.41) is 8.58. The maximum absolute atomic E-state index is 11.7. The highest BCUT2D eigenvalue weighted by molar-refractivity contribution is 7.53. The van der Waals surface area contributed by atoms with Gasteiger partial charge in [0.15, 0.2) is 0 Å². The molecule has 0 aliphatic rings. The largest absolute Gasteiger partial charge is 0.373 e. The summed E-state index contributed by atoms with van der Waals surface area (Å²) in [4.78, 5) is 19.1. The fraction of sp³-hybridized carbons (Fsp3) is 0.818. The Hall–Kier alpha value is -0.450. The zero-order valence-electron chi connectivity index (χ0n) is 18.6. The first-order valence-electron chi connectivity index (χ1n) is 10.9. The molecule has 0 spiro atoms. The average Bonchev–Trinajstić information content (AvgIpc) is 2.56. The third-order valence-electron chi connectivity index (χ3n) is 4.75. The Morgan fingerprint density at radius 3 is 1.75 bits per heavy atom. The Bertz CT molecular complexity index is 493. The number of nitrogens with zero attached hydrogens (tertiary/aromatic N) is 1. The summed E-state index contributed by atoms with van der Waals surface area (Å²) >= 11 is 0. The molecule has 0 aromatic rings. The molecule has 6 heteroatoms. The van der Waals surface area contributed by atoms with E-state index in [9.17, 15) is 19.5 Å². The van der Waals surface area contributed by atoms with Crippen molar-refractivity contribution in [2.75, 3.05) is 27.7 Å². The Labute approximate surface area is 173 Å². The van der Waals surface area contributed by atoms with Crippen molar-refractivity contribution < 1.29 is 23.9 Å². The number of rotatable bonds is 17. The highest BCUT2D eigenvalue weighted by Crippen LogP contribution is 2.52. The lowest BCUT2D eigenvalue weighted by Crippen LogP contribution is -2.49. The quantitative estimate of drug-likeness (QED) is 0.128. The van der Waals surface area contributed by atoms with E-state index in [0.29, 0.717) is 10.9 Å². The summed E-state index contributed by atoms with van der Waals surface area (Å²) in [6.07, 6.45) is 21.1. The Morgan fingerprint density at radius 2 is 1.25 bits per heavy atom. The van der Waals surface area contributed by atoms with Crippen LogP contribution in [-0.4, -0.2) is 52.4 Å². The molecule has 0 rings (SSSR count). The van der Waals surface area contributed by atoms with Crippen LogP contribution in [0.3, 0.4) is 0 Å². The predicted molar refractivity (Wildman–Crippen MR) is 119 cm³/mol. The van der Waals surface area contributed by atoms with Crippen LogP contribution in [0, 0.1) is 0 Å². The van der Waals surface area contributed by atoms with Crippen LogP contribution in [0.2, 0.25) is 0 Å². The average molecular weight is 419 g/mol. The monoisotopic (exact) mass is 418 g/mol. The van der Waals surface area contributed by atoms with Crippen molar-refractivity contribution in [3.63, 3.8) is 0 Å². The maximum atomic E-state index is 11.7. The minimum absolute atomic E-state index is 0.0521. The van der Waals surface area contributed by atoms with Crippen molar-refractivity contribution >= 4 is 7.60 Å². The van der Waals surface area contributed by atoms with Gasteiger partial charge in [-0.2, -0.15) is 0 Å². The molecule has 0 heterocycles. The van der Waals surface area contributed by atoms with Gasteiger partial charge in [-0.1, -0.05) is 56.9 Å². The van der Waals surface area contributed by atoms with Gasteiger partial charge < -0.3 is 19.4 Å². The van der Waals surface area contributed by atoms with Gasteiger partial charge in [-0.05, 0) is 51.4 Å². The first-order valence-corrected chi connectivity index (χ1v) is 12.5. The molecule has 5 nitrogen and oxygen atoms in total. The summed E-state index contributed by atoms with van der Waals surface area (Å²) in [5.41, 5.74) is 0. The second kappa shape index (κ2) is 14.5. The highest BCUT2D eigenvalue weighted by Gasteiger charge is 2.48. The topological polar surface area (TPSA) is 77.8 Å². The molecule has 0 aliphatic carbocycles. The number of allylic oxidation sites excluding steroid dienone is 4. The van der Waals surface area contributed by atoms with E-state index in [1.807, 2.05) is 21.1 Å². The zero-order valence-corrected chi connectivity index (χ0v) is 19.5. The molecule has 0 saturated carbocycles. The van der Waals surface area contributed by atoms with E-state index in [-0.39, 0.29) is 13.0 Å². The molecule has 1 unspecified atom stereocenters. The van der Waals surface area contributed by atoms with Crippen LogP contribution in [0.15, 0.2) is 24.3 Å². The van der Waals surface area contributed by atoms with Gasteiger partial charge in [0.05, 0.1) is 21.1 Å². The molecule has 0 aliphatic heterocycles. The summed E-state index contributed by atoms with van der Waals surface area (Å²) in [7, 11) is 0.946. The minimum Gasteiger partial charge on any atom is -0.373 e. The number of likely N-dealkylation sites (N-methyl/N-ethyl adjacent to an activating group) is 1. The minimum atomic E-state index is -4.55. The van der Waals surface area contributed by atoms with E-state index in [2.05, 4.69) is 31.2 Å². The number of hydrogen-bond acceptors (Lipinski definition) is 2. The third-order valence-corrected chi connectivity index (χ3v) is 6.20. The maximum Gasteiger partial charge on any atom is 0.362 e. The SMILES string of the molecule is CCC/C=C\CCC/C=C\CCCCCCCC(O)(C[N+](C)(C)C)P(=O)(O)O. The van der Waals surface area contributed by atoms with Crippen molar-refractivity contribution in [1.82, 2.24) is 0 Å². The predicted octanol–water partition coefficient (Wildman–Crippen LogP) is 5.37. The van der Waals surface area contributed by atoms with Crippen LogP contribution < -0.4 is 0 Å². The molecule has 0 fully saturated rings.